The van der Waals surface area contributed by atoms with Crippen molar-refractivity contribution in [3.63, 3.8) is 0 Å². The highest BCUT2D eigenvalue weighted by molar-refractivity contribution is 5.37. The number of rotatable bonds is 2. The Kier molecular flexibility index (Phi) is 3.55. The third kappa shape index (κ3) is 2.54. The van der Waals surface area contributed by atoms with Crippen molar-refractivity contribution in [2.75, 3.05) is 13.2 Å². The molecule has 0 aliphatic carbocycles. The lowest BCUT2D eigenvalue weighted by Gasteiger charge is -2.33. The zero-order chi connectivity index (χ0) is 12.4. The first-order chi connectivity index (χ1) is 8.83. The molecule has 3 unspecified atom stereocenters. The van der Waals surface area contributed by atoms with Gasteiger partial charge in [-0.25, -0.2) is 0 Å². The molecule has 0 amide bonds. The van der Waals surface area contributed by atoms with E-state index in [2.05, 4.69) is 36.5 Å². The van der Waals surface area contributed by atoms with Gasteiger partial charge in [0.2, 0.25) is 0 Å². The molecule has 2 heteroatoms. The van der Waals surface area contributed by atoms with Gasteiger partial charge in [-0.15, -0.1) is 0 Å². The summed E-state index contributed by atoms with van der Waals surface area (Å²) in [6.45, 7) is 4.39. The molecule has 1 aromatic carbocycles. The molecule has 0 bridgehead atoms. The number of fused-ring (bicyclic) bond motifs is 1. The van der Waals surface area contributed by atoms with Crippen molar-refractivity contribution < 1.29 is 4.74 Å². The maximum Gasteiger partial charge on any atom is 0.122 e. The molecular weight excluding hydrogens is 222 g/mol. The highest BCUT2D eigenvalue weighted by Gasteiger charge is 2.26. The summed E-state index contributed by atoms with van der Waals surface area (Å²) in [6, 6.07) is 9.29. The quantitative estimate of drug-likeness (QED) is 0.863. The summed E-state index contributed by atoms with van der Waals surface area (Å²) in [7, 11) is 0. The Labute approximate surface area is 110 Å². The van der Waals surface area contributed by atoms with Crippen LogP contribution in [-0.2, 0) is 0 Å². The van der Waals surface area contributed by atoms with Gasteiger partial charge in [0.15, 0.2) is 0 Å². The Bertz CT molecular complexity index is 404. The van der Waals surface area contributed by atoms with E-state index in [1.54, 1.807) is 0 Å². The van der Waals surface area contributed by atoms with Gasteiger partial charge in [-0.1, -0.05) is 18.2 Å². The van der Waals surface area contributed by atoms with Crippen molar-refractivity contribution in [1.29, 1.82) is 0 Å². The van der Waals surface area contributed by atoms with E-state index in [0.29, 0.717) is 12.0 Å². The highest BCUT2D eigenvalue weighted by atomic mass is 16.5. The highest BCUT2D eigenvalue weighted by Crippen LogP contribution is 2.39. The van der Waals surface area contributed by atoms with Crippen LogP contribution in [0.25, 0.3) is 0 Å². The number of hydrogen-bond acceptors (Lipinski definition) is 2. The molecule has 0 radical (unpaired) electrons. The number of hydrogen-bond donors (Lipinski definition) is 1. The van der Waals surface area contributed by atoms with E-state index in [1.165, 1.54) is 37.8 Å². The van der Waals surface area contributed by atoms with Gasteiger partial charge in [0, 0.05) is 6.04 Å². The molecule has 18 heavy (non-hydrogen) atoms. The van der Waals surface area contributed by atoms with Gasteiger partial charge in [0.05, 0.1) is 6.61 Å². The van der Waals surface area contributed by atoms with Crippen molar-refractivity contribution in [3.05, 3.63) is 29.8 Å². The Morgan fingerprint density at radius 1 is 1.28 bits per heavy atom. The first-order valence-electron chi connectivity index (χ1n) is 7.28. The van der Waals surface area contributed by atoms with Crippen molar-refractivity contribution in [2.24, 2.45) is 5.92 Å². The minimum atomic E-state index is 0.693. The van der Waals surface area contributed by atoms with Crippen LogP contribution >= 0.6 is 0 Å². The van der Waals surface area contributed by atoms with Crippen LogP contribution in [-0.4, -0.2) is 19.2 Å². The molecule has 0 saturated carbocycles. The second kappa shape index (κ2) is 5.31. The van der Waals surface area contributed by atoms with E-state index in [-0.39, 0.29) is 0 Å². The standard InChI is InChI=1S/C16H23NO/c1-12-10-13(6-8-17-12)11-14-7-9-18-16-5-3-2-4-15(14)16/h2-5,12-14,17H,6-11H2,1H3. The van der Waals surface area contributed by atoms with E-state index in [9.17, 15) is 0 Å². The molecule has 2 aliphatic heterocycles. The van der Waals surface area contributed by atoms with Crippen LogP contribution in [0, 0.1) is 5.92 Å². The SMILES string of the molecule is CC1CC(CC2CCOc3ccccc32)CCN1. The number of nitrogens with one attached hydrogen (secondary N) is 1. The number of para-hydroxylation sites is 1. The lowest BCUT2D eigenvalue weighted by molar-refractivity contribution is 0.229. The summed E-state index contributed by atoms with van der Waals surface area (Å²) in [6.07, 6.45) is 5.20. The van der Waals surface area contributed by atoms with Crippen LogP contribution in [0.15, 0.2) is 24.3 Å². The van der Waals surface area contributed by atoms with Crippen LogP contribution in [0.2, 0.25) is 0 Å². The molecule has 3 rings (SSSR count). The molecule has 0 spiro atoms. The predicted molar refractivity (Wildman–Crippen MR) is 74.1 cm³/mol. The molecule has 1 N–H and O–H groups in total. The first kappa shape index (κ1) is 12.0. The Morgan fingerprint density at radius 3 is 3.06 bits per heavy atom. The van der Waals surface area contributed by atoms with Gasteiger partial charge in [-0.05, 0) is 62.6 Å². The molecule has 98 valence electrons. The number of benzene rings is 1. The average molecular weight is 245 g/mol. The van der Waals surface area contributed by atoms with Crippen LogP contribution < -0.4 is 10.1 Å². The summed E-state index contributed by atoms with van der Waals surface area (Å²) < 4.78 is 5.75. The zero-order valence-electron chi connectivity index (χ0n) is 11.2. The average Bonchev–Trinajstić information content (AvgIpc) is 2.39. The molecule has 2 heterocycles. The molecule has 0 aromatic heterocycles. The second-order valence-electron chi connectivity index (χ2n) is 5.85. The topological polar surface area (TPSA) is 21.3 Å². The van der Waals surface area contributed by atoms with Gasteiger partial charge < -0.3 is 10.1 Å². The van der Waals surface area contributed by atoms with E-state index in [0.717, 1.165) is 18.3 Å². The van der Waals surface area contributed by atoms with Gasteiger partial charge in [0.1, 0.15) is 5.75 Å². The van der Waals surface area contributed by atoms with Crippen molar-refractivity contribution in [1.82, 2.24) is 5.32 Å². The lowest BCUT2D eigenvalue weighted by Crippen LogP contribution is -2.36. The van der Waals surface area contributed by atoms with Crippen molar-refractivity contribution >= 4 is 0 Å². The van der Waals surface area contributed by atoms with Crippen LogP contribution in [0.1, 0.15) is 44.1 Å². The fourth-order valence-corrected chi connectivity index (χ4v) is 3.51. The molecule has 3 atom stereocenters. The zero-order valence-corrected chi connectivity index (χ0v) is 11.2. The lowest BCUT2D eigenvalue weighted by atomic mass is 9.80. The third-order valence-electron chi connectivity index (χ3n) is 4.43. The van der Waals surface area contributed by atoms with Gasteiger partial charge >= 0.3 is 0 Å². The smallest absolute Gasteiger partial charge is 0.122 e. The minimum absolute atomic E-state index is 0.693. The Balaban J connectivity index is 1.70. The fraction of sp³-hybridized carbons (Fsp3) is 0.625. The molecule has 2 aliphatic rings. The normalized spacial score (nSPS) is 31.5. The Hall–Kier alpha value is -1.02. The maximum atomic E-state index is 5.75. The summed E-state index contributed by atoms with van der Waals surface area (Å²) in [5, 5.41) is 3.54. The van der Waals surface area contributed by atoms with E-state index < -0.39 is 0 Å². The predicted octanol–water partition coefficient (Wildman–Crippen LogP) is 3.33. The van der Waals surface area contributed by atoms with Crippen LogP contribution in [0.5, 0.6) is 5.75 Å². The van der Waals surface area contributed by atoms with Crippen LogP contribution in [0.4, 0.5) is 0 Å². The molecular formula is C16H23NO. The fourth-order valence-electron chi connectivity index (χ4n) is 3.51. The minimum Gasteiger partial charge on any atom is -0.493 e. The van der Waals surface area contributed by atoms with Gasteiger partial charge in [-0.2, -0.15) is 0 Å². The van der Waals surface area contributed by atoms with Crippen molar-refractivity contribution in [3.8, 4) is 5.75 Å². The van der Waals surface area contributed by atoms with E-state index in [1.807, 2.05) is 0 Å². The summed E-state index contributed by atoms with van der Waals surface area (Å²) in [5.41, 5.74) is 1.44. The number of ether oxygens (including phenoxy) is 1. The molecule has 1 aromatic rings. The van der Waals surface area contributed by atoms with Crippen molar-refractivity contribution in [2.45, 2.75) is 44.6 Å². The summed E-state index contributed by atoms with van der Waals surface area (Å²) >= 11 is 0. The summed E-state index contributed by atoms with van der Waals surface area (Å²) in [5.74, 6) is 2.72. The molecule has 2 nitrogen and oxygen atoms in total. The molecule has 1 fully saturated rings. The maximum absolute atomic E-state index is 5.75. The van der Waals surface area contributed by atoms with E-state index in [4.69, 9.17) is 4.74 Å². The second-order valence-corrected chi connectivity index (χ2v) is 5.85. The van der Waals surface area contributed by atoms with Gasteiger partial charge in [-0.3, -0.25) is 0 Å². The monoisotopic (exact) mass is 245 g/mol. The third-order valence-corrected chi connectivity index (χ3v) is 4.43. The van der Waals surface area contributed by atoms with Gasteiger partial charge in [0.25, 0.3) is 0 Å². The summed E-state index contributed by atoms with van der Waals surface area (Å²) in [4.78, 5) is 0. The largest absolute Gasteiger partial charge is 0.493 e. The first-order valence-corrected chi connectivity index (χ1v) is 7.28. The number of piperidine rings is 1. The Morgan fingerprint density at radius 2 is 2.17 bits per heavy atom. The van der Waals surface area contributed by atoms with Crippen LogP contribution in [0.3, 0.4) is 0 Å². The molecule has 1 saturated heterocycles. The van der Waals surface area contributed by atoms with E-state index >= 15 is 0 Å².